The van der Waals surface area contributed by atoms with Gasteiger partial charge in [-0.2, -0.15) is 0 Å². The van der Waals surface area contributed by atoms with Crippen LogP contribution in [0.5, 0.6) is 0 Å². The van der Waals surface area contributed by atoms with Crippen LogP contribution in [0.25, 0.3) is 10.9 Å². The molecule has 0 radical (unpaired) electrons. The second-order valence-corrected chi connectivity index (χ2v) is 4.54. The van der Waals surface area contributed by atoms with E-state index in [4.69, 9.17) is 5.73 Å². The Labute approximate surface area is 120 Å². The van der Waals surface area contributed by atoms with Gasteiger partial charge in [0.1, 0.15) is 5.69 Å². The number of anilines is 3. The number of aromatic nitrogens is 1. The molecule has 0 spiro atoms. The van der Waals surface area contributed by atoms with Crippen molar-refractivity contribution in [2.75, 3.05) is 11.1 Å². The standard InChI is InChI=1S/C15H12N4O2/c16-10-3-1-4-11(9-10)18-14-7-6-13-12(5-2-8-17-13)15(14)19(20)21/h1-9,18H,16H2. The van der Waals surface area contributed by atoms with Crippen molar-refractivity contribution in [1.29, 1.82) is 0 Å². The number of hydrogen-bond donors (Lipinski definition) is 2. The number of rotatable bonds is 3. The zero-order valence-corrected chi connectivity index (χ0v) is 11.0. The lowest BCUT2D eigenvalue weighted by Crippen LogP contribution is -1.99. The maximum absolute atomic E-state index is 11.4. The Morgan fingerprint density at radius 3 is 2.76 bits per heavy atom. The van der Waals surface area contributed by atoms with E-state index in [0.717, 1.165) is 0 Å². The highest BCUT2D eigenvalue weighted by molar-refractivity contribution is 5.95. The highest BCUT2D eigenvalue weighted by atomic mass is 16.6. The Balaban J connectivity index is 2.14. The SMILES string of the molecule is Nc1cccc(Nc2ccc3ncccc3c2[N+](=O)[O-])c1. The van der Waals surface area contributed by atoms with Gasteiger partial charge in [-0.1, -0.05) is 6.07 Å². The van der Waals surface area contributed by atoms with Gasteiger partial charge in [-0.3, -0.25) is 15.1 Å². The molecule has 6 nitrogen and oxygen atoms in total. The number of nitrogen functional groups attached to an aromatic ring is 1. The first kappa shape index (κ1) is 12.9. The topological polar surface area (TPSA) is 94.1 Å². The third-order valence-electron chi connectivity index (χ3n) is 3.10. The summed E-state index contributed by atoms with van der Waals surface area (Å²) < 4.78 is 0. The predicted octanol–water partition coefficient (Wildman–Crippen LogP) is 3.47. The zero-order chi connectivity index (χ0) is 14.8. The summed E-state index contributed by atoms with van der Waals surface area (Å²) in [6.07, 6.45) is 1.61. The van der Waals surface area contributed by atoms with Crippen LogP contribution < -0.4 is 11.1 Å². The first-order valence-electron chi connectivity index (χ1n) is 6.30. The van der Waals surface area contributed by atoms with Crippen LogP contribution in [0.4, 0.5) is 22.7 Å². The summed E-state index contributed by atoms with van der Waals surface area (Å²) in [5.74, 6) is 0. The molecule has 6 heteroatoms. The highest BCUT2D eigenvalue weighted by Gasteiger charge is 2.18. The predicted molar refractivity (Wildman–Crippen MR) is 82.5 cm³/mol. The van der Waals surface area contributed by atoms with Crippen LogP contribution in [0, 0.1) is 10.1 Å². The molecule has 0 saturated carbocycles. The minimum atomic E-state index is -0.404. The molecule has 21 heavy (non-hydrogen) atoms. The lowest BCUT2D eigenvalue weighted by atomic mass is 10.1. The van der Waals surface area contributed by atoms with Gasteiger partial charge in [0, 0.05) is 17.6 Å². The summed E-state index contributed by atoms with van der Waals surface area (Å²) in [4.78, 5) is 15.1. The molecule has 0 fully saturated rings. The molecule has 0 aliphatic carbocycles. The molecule has 0 saturated heterocycles. The molecule has 2 aromatic carbocycles. The average Bonchev–Trinajstić information content (AvgIpc) is 2.46. The number of hydrogen-bond acceptors (Lipinski definition) is 5. The van der Waals surface area contributed by atoms with Crippen LogP contribution in [0.2, 0.25) is 0 Å². The van der Waals surface area contributed by atoms with E-state index in [2.05, 4.69) is 10.3 Å². The van der Waals surface area contributed by atoms with E-state index in [-0.39, 0.29) is 5.69 Å². The Bertz CT molecular complexity index is 833. The van der Waals surface area contributed by atoms with Crippen LogP contribution >= 0.6 is 0 Å². The van der Waals surface area contributed by atoms with E-state index in [1.165, 1.54) is 0 Å². The molecule has 0 amide bonds. The second kappa shape index (κ2) is 5.09. The molecular weight excluding hydrogens is 268 g/mol. The molecule has 104 valence electrons. The number of benzene rings is 2. The maximum atomic E-state index is 11.4. The van der Waals surface area contributed by atoms with Gasteiger partial charge in [-0.05, 0) is 42.5 Å². The van der Waals surface area contributed by atoms with E-state index in [1.54, 1.807) is 54.7 Å². The molecular formula is C15H12N4O2. The van der Waals surface area contributed by atoms with E-state index >= 15 is 0 Å². The van der Waals surface area contributed by atoms with Crippen LogP contribution in [-0.4, -0.2) is 9.91 Å². The van der Waals surface area contributed by atoms with E-state index in [0.29, 0.717) is 28.0 Å². The Morgan fingerprint density at radius 2 is 2.00 bits per heavy atom. The Kier molecular flexibility index (Phi) is 3.12. The number of nitrogens with two attached hydrogens (primary N) is 1. The highest BCUT2D eigenvalue weighted by Crippen LogP contribution is 2.34. The van der Waals surface area contributed by atoms with Crippen LogP contribution in [0.15, 0.2) is 54.7 Å². The van der Waals surface area contributed by atoms with Gasteiger partial charge in [-0.25, -0.2) is 0 Å². The number of pyridine rings is 1. The first-order valence-corrected chi connectivity index (χ1v) is 6.30. The van der Waals surface area contributed by atoms with Crippen LogP contribution in [0.1, 0.15) is 0 Å². The number of nitrogens with one attached hydrogen (secondary N) is 1. The molecule has 3 rings (SSSR count). The van der Waals surface area contributed by atoms with Crippen molar-refractivity contribution in [2.45, 2.75) is 0 Å². The van der Waals surface area contributed by atoms with Gasteiger partial charge in [0.2, 0.25) is 0 Å². The van der Waals surface area contributed by atoms with Gasteiger partial charge in [0.05, 0.1) is 15.8 Å². The smallest absolute Gasteiger partial charge is 0.301 e. The minimum Gasteiger partial charge on any atom is -0.399 e. The summed E-state index contributed by atoms with van der Waals surface area (Å²) in [7, 11) is 0. The zero-order valence-electron chi connectivity index (χ0n) is 11.0. The van der Waals surface area contributed by atoms with Crippen molar-refractivity contribution < 1.29 is 4.92 Å². The van der Waals surface area contributed by atoms with Crippen molar-refractivity contribution in [3.8, 4) is 0 Å². The number of fused-ring (bicyclic) bond motifs is 1. The fraction of sp³-hybridized carbons (Fsp3) is 0. The summed E-state index contributed by atoms with van der Waals surface area (Å²) in [5, 5.41) is 14.9. The van der Waals surface area contributed by atoms with E-state index < -0.39 is 4.92 Å². The first-order chi connectivity index (χ1) is 10.1. The van der Waals surface area contributed by atoms with Crippen LogP contribution in [-0.2, 0) is 0 Å². The normalized spacial score (nSPS) is 10.5. The van der Waals surface area contributed by atoms with Crippen LogP contribution in [0.3, 0.4) is 0 Å². The van der Waals surface area contributed by atoms with Crippen molar-refractivity contribution in [1.82, 2.24) is 4.98 Å². The Morgan fingerprint density at radius 1 is 1.14 bits per heavy atom. The molecule has 0 bridgehead atoms. The fourth-order valence-corrected chi connectivity index (χ4v) is 2.21. The number of nitro benzene ring substituents is 1. The number of nitro groups is 1. The van der Waals surface area contributed by atoms with Crippen molar-refractivity contribution in [3.05, 3.63) is 64.8 Å². The largest absolute Gasteiger partial charge is 0.399 e. The Hall–Kier alpha value is -3.15. The summed E-state index contributed by atoms with van der Waals surface area (Å²) in [6, 6.07) is 13.8. The second-order valence-electron chi connectivity index (χ2n) is 4.54. The molecule has 1 heterocycles. The lowest BCUT2D eigenvalue weighted by molar-refractivity contribution is -0.382. The minimum absolute atomic E-state index is 0.00280. The molecule has 0 aliphatic rings. The van der Waals surface area contributed by atoms with Gasteiger partial charge >= 0.3 is 5.69 Å². The van der Waals surface area contributed by atoms with Gasteiger partial charge in [-0.15, -0.1) is 0 Å². The molecule has 3 N–H and O–H groups in total. The third-order valence-corrected chi connectivity index (χ3v) is 3.10. The fourth-order valence-electron chi connectivity index (χ4n) is 2.21. The maximum Gasteiger partial charge on any atom is 0.301 e. The van der Waals surface area contributed by atoms with Gasteiger partial charge < -0.3 is 11.1 Å². The molecule has 3 aromatic rings. The third kappa shape index (κ3) is 2.46. The lowest BCUT2D eigenvalue weighted by Gasteiger charge is -2.09. The van der Waals surface area contributed by atoms with E-state index in [1.807, 2.05) is 0 Å². The molecule has 0 atom stereocenters. The summed E-state index contributed by atoms with van der Waals surface area (Å²) >= 11 is 0. The molecule has 0 unspecified atom stereocenters. The van der Waals surface area contributed by atoms with E-state index in [9.17, 15) is 10.1 Å². The van der Waals surface area contributed by atoms with Crippen molar-refractivity contribution in [3.63, 3.8) is 0 Å². The number of nitrogens with zero attached hydrogens (tertiary/aromatic N) is 2. The quantitative estimate of drug-likeness (QED) is 0.435. The monoisotopic (exact) mass is 280 g/mol. The van der Waals surface area contributed by atoms with Crippen molar-refractivity contribution >= 4 is 33.7 Å². The van der Waals surface area contributed by atoms with Crippen molar-refractivity contribution in [2.24, 2.45) is 0 Å². The summed E-state index contributed by atoms with van der Waals surface area (Å²) in [6.45, 7) is 0. The molecule has 1 aromatic heterocycles. The van der Waals surface area contributed by atoms with Gasteiger partial charge in [0.25, 0.3) is 0 Å². The van der Waals surface area contributed by atoms with Gasteiger partial charge in [0.15, 0.2) is 0 Å². The average molecular weight is 280 g/mol. The summed E-state index contributed by atoms with van der Waals surface area (Å²) in [5.41, 5.74) is 8.00. The molecule has 0 aliphatic heterocycles.